The number of aromatic nitrogens is 1. The number of nitrogens with zero attached hydrogens (tertiary/aromatic N) is 1. The van der Waals surface area contributed by atoms with Crippen molar-refractivity contribution in [2.75, 3.05) is 14.2 Å². The van der Waals surface area contributed by atoms with E-state index in [9.17, 15) is 9.59 Å². The normalized spacial score (nSPS) is 11.3. The van der Waals surface area contributed by atoms with Crippen LogP contribution in [0.25, 0.3) is 5.70 Å². The van der Waals surface area contributed by atoms with Gasteiger partial charge in [0.1, 0.15) is 10.6 Å². The van der Waals surface area contributed by atoms with E-state index in [1.807, 2.05) is 0 Å². The lowest BCUT2D eigenvalue weighted by Gasteiger charge is -2.03. The van der Waals surface area contributed by atoms with Crippen LogP contribution in [0.1, 0.15) is 0 Å². The summed E-state index contributed by atoms with van der Waals surface area (Å²) >= 11 is 6.56. The van der Waals surface area contributed by atoms with Gasteiger partial charge in [0.25, 0.3) is 5.56 Å². The number of ether oxygens (including phenoxy) is 2. The molecule has 0 aliphatic heterocycles. The maximum atomic E-state index is 11.4. The molecule has 0 atom stereocenters. The molecule has 1 heterocycles. The van der Waals surface area contributed by atoms with Crippen molar-refractivity contribution in [1.29, 1.82) is 0 Å². The molecular weight excluding hydrogens is 242 g/mol. The summed E-state index contributed by atoms with van der Waals surface area (Å²) in [7, 11) is 2.58. The molecule has 7 heteroatoms. The second kappa shape index (κ2) is 4.99. The molecule has 0 bridgehead atoms. The molecule has 0 radical (unpaired) electrons. The van der Waals surface area contributed by atoms with Crippen molar-refractivity contribution in [3.63, 3.8) is 0 Å². The number of halogens is 1. The van der Waals surface area contributed by atoms with E-state index in [0.717, 1.165) is 21.8 Å². The Bertz CT molecular complexity index is 448. The van der Waals surface area contributed by atoms with E-state index in [4.69, 9.17) is 11.6 Å². The molecule has 1 aromatic heterocycles. The van der Waals surface area contributed by atoms with Crippen LogP contribution in [0.5, 0.6) is 0 Å². The van der Waals surface area contributed by atoms with Crippen molar-refractivity contribution < 1.29 is 14.3 Å². The van der Waals surface area contributed by atoms with E-state index in [1.165, 1.54) is 20.3 Å². The molecule has 1 aromatic rings. The number of hydrogen-bond acceptors (Lipinski definition) is 5. The standard InChI is InChI=1S/C8H8ClNO4S/c1-13-4-5(8(12)14-2)10-7(11)3-6(9)15-10/h3-4H,1-2H3. The number of hydrogen-bond donors (Lipinski definition) is 0. The summed E-state index contributed by atoms with van der Waals surface area (Å²) in [5.74, 6) is -0.669. The van der Waals surface area contributed by atoms with Gasteiger partial charge in [-0.1, -0.05) is 11.6 Å². The predicted molar refractivity (Wildman–Crippen MR) is 56.9 cm³/mol. The summed E-state index contributed by atoms with van der Waals surface area (Å²) in [5.41, 5.74) is -0.416. The van der Waals surface area contributed by atoms with Gasteiger partial charge in [0, 0.05) is 6.07 Å². The monoisotopic (exact) mass is 249 g/mol. The van der Waals surface area contributed by atoms with Crippen LogP contribution in [0, 0.1) is 0 Å². The van der Waals surface area contributed by atoms with Crippen LogP contribution >= 0.6 is 23.1 Å². The Morgan fingerprint density at radius 1 is 1.60 bits per heavy atom. The minimum Gasteiger partial charge on any atom is -0.502 e. The Hall–Kier alpha value is -1.27. The van der Waals surface area contributed by atoms with E-state index >= 15 is 0 Å². The summed E-state index contributed by atoms with van der Waals surface area (Å²) in [6.45, 7) is 0. The van der Waals surface area contributed by atoms with Gasteiger partial charge < -0.3 is 9.47 Å². The molecule has 0 fully saturated rings. The van der Waals surface area contributed by atoms with Crippen LogP contribution in [0.15, 0.2) is 17.1 Å². The molecule has 0 unspecified atom stereocenters. The third-order valence-corrected chi connectivity index (χ3v) is 2.63. The Kier molecular flexibility index (Phi) is 3.93. The first-order valence-electron chi connectivity index (χ1n) is 3.80. The van der Waals surface area contributed by atoms with Gasteiger partial charge in [-0.2, -0.15) is 0 Å². The Morgan fingerprint density at radius 2 is 2.27 bits per heavy atom. The topological polar surface area (TPSA) is 57.5 Å². The Balaban J connectivity index is 3.22. The third-order valence-electron chi connectivity index (χ3n) is 1.46. The fourth-order valence-corrected chi connectivity index (χ4v) is 1.86. The summed E-state index contributed by atoms with van der Waals surface area (Å²) in [6.07, 6.45) is 1.13. The van der Waals surface area contributed by atoms with E-state index in [-0.39, 0.29) is 10.0 Å². The van der Waals surface area contributed by atoms with Crippen molar-refractivity contribution >= 4 is 34.8 Å². The van der Waals surface area contributed by atoms with Crippen molar-refractivity contribution in [3.05, 3.63) is 27.0 Å². The molecule has 0 aliphatic carbocycles. The van der Waals surface area contributed by atoms with Gasteiger partial charge in [-0.05, 0) is 11.5 Å². The molecule has 15 heavy (non-hydrogen) atoms. The van der Waals surface area contributed by atoms with E-state index in [0.29, 0.717) is 0 Å². The highest BCUT2D eigenvalue weighted by Crippen LogP contribution is 2.17. The van der Waals surface area contributed by atoms with E-state index in [1.54, 1.807) is 0 Å². The zero-order valence-electron chi connectivity index (χ0n) is 8.02. The quantitative estimate of drug-likeness (QED) is 0.459. The molecule has 82 valence electrons. The Morgan fingerprint density at radius 3 is 2.67 bits per heavy atom. The van der Waals surface area contributed by atoms with Gasteiger partial charge in [0.05, 0.1) is 14.2 Å². The SMILES string of the molecule is COC=C(C(=O)OC)n1sc(Cl)cc1=O. The first-order chi connectivity index (χ1) is 7.10. The molecule has 0 saturated heterocycles. The van der Waals surface area contributed by atoms with Crippen LogP contribution in [-0.2, 0) is 14.3 Å². The van der Waals surface area contributed by atoms with Crippen molar-refractivity contribution in [2.24, 2.45) is 0 Å². The van der Waals surface area contributed by atoms with E-state index in [2.05, 4.69) is 9.47 Å². The van der Waals surface area contributed by atoms with E-state index < -0.39 is 11.5 Å². The van der Waals surface area contributed by atoms with Gasteiger partial charge in [0.2, 0.25) is 0 Å². The minimum atomic E-state index is -0.669. The first kappa shape index (κ1) is 11.8. The molecular formula is C8H8ClNO4S. The zero-order chi connectivity index (χ0) is 11.4. The van der Waals surface area contributed by atoms with Gasteiger partial charge >= 0.3 is 5.97 Å². The van der Waals surface area contributed by atoms with Crippen LogP contribution in [0.4, 0.5) is 0 Å². The number of methoxy groups -OCH3 is 2. The van der Waals surface area contributed by atoms with Crippen molar-refractivity contribution in [3.8, 4) is 0 Å². The number of esters is 1. The zero-order valence-corrected chi connectivity index (χ0v) is 9.59. The number of rotatable bonds is 3. The van der Waals surface area contributed by atoms with Crippen LogP contribution in [0.3, 0.4) is 0 Å². The predicted octanol–water partition coefficient (Wildman–Crippen LogP) is 1.18. The maximum Gasteiger partial charge on any atom is 0.359 e. The summed E-state index contributed by atoms with van der Waals surface area (Å²) in [4.78, 5) is 22.7. The van der Waals surface area contributed by atoms with Gasteiger partial charge in [0.15, 0.2) is 5.70 Å². The summed E-state index contributed by atoms with van der Waals surface area (Å²) < 4.78 is 10.6. The molecule has 0 aromatic carbocycles. The second-order valence-electron chi connectivity index (χ2n) is 2.40. The van der Waals surface area contributed by atoms with Crippen molar-refractivity contribution in [2.45, 2.75) is 0 Å². The van der Waals surface area contributed by atoms with Crippen LogP contribution in [0.2, 0.25) is 4.34 Å². The highest BCUT2D eigenvalue weighted by atomic mass is 35.5. The minimum absolute atomic E-state index is 0.0121. The third kappa shape index (κ3) is 2.60. The summed E-state index contributed by atoms with van der Waals surface area (Å²) in [5, 5.41) is 0. The second-order valence-corrected chi connectivity index (χ2v) is 4.02. The number of carbonyl (C=O) groups excluding carboxylic acids is 1. The fourth-order valence-electron chi connectivity index (χ4n) is 0.877. The van der Waals surface area contributed by atoms with Gasteiger partial charge in [-0.3, -0.25) is 4.79 Å². The lowest BCUT2D eigenvalue weighted by Crippen LogP contribution is -2.18. The molecule has 5 nitrogen and oxygen atoms in total. The largest absolute Gasteiger partial charge is 0.502 e. The molecule has 0 saturated carbocycles. The number of carbonyl (C=O) groups is 1. The first-order valence-corrected chi connectivity index (χ1v) is 4.95. The van der Waals surface area contributed by atoms with Gasteiger partial charge in [-0.25, -0.2) is 8.75 Å². The summed E-state index contributed by atoms with van der Waals surface area (Å²) in [6, 6.07) is 1.21. The van der Waals surface area contributed by atoms with Crippen LogP contribution in [-0.4, -0.2) is 24.1 Å². The van der Waals surface area contributed by atoms with Crippen molar-refractivity contribution in [1.82, 2.24) is 3.96 Å². The average Bonchev–Trinajstić information content (AvgIpc) is 2.53. The molecule has 0 spiro atoms. The smallest absolute Gasteiger partial charge is 0.359 e. The lowest BCUT2D eigenvalue weighted by atomic mass is 10.5. The molecule has 0 N–H and O–H groups in total. The highest BCUT2D eigenvalue weighted by Gasteiger charge is 2.16. The fraction of sp³-hybridized carbons (Fsp3) is 0.250. The maximum absolute atomic E-state index is 11.4. The molecule has 0 aliphatic rings. The molecule has 1 rings (SSSR count). The molecule has 0 amide bonds. The van der Waals surface area contributed by atoms with Crippen LogP contribution < -0.4 is 5.56 Å². The Labute approximate surface area is 94.6 Å². The average molecular weight is 250 g/mol. The lowest BCUT2D eigenvalue weighted by molar-refractivity contribution is -0.134. The highest BCUT2D eigenvalue weighted by molar-refractivity contribution is 7.11. The van der Waals surface area contributed by atoms with Gasteiger partial charge in [-0.15, -0.1) is 0 Å².